The summed E-state index contributed by atoms with van der Waals surface area (Å²) in [6, 6.07) is 11.6. The molecule has 0 saturated heterocycles. The van der Waals surface area contributed by atoms with Gasteiger partial charge in [-0.15, -0.1) is 0 Å². The quantitative estimate of drug-likeness (QED) is 0.555. The Morgan fingerprint density at radius 1 is 1.17 bits per heavy atom. The normalized spacial score (nSPS) is 11.0. The van der Waals surface area contributed by atoms with Crippen molar-refractivity contribution < 1.29 is 9.18 Å². The van der Waals surface area contributed by atoms with Gasteiger partial charge in [-0.2, -0.15) is 4.37 Å². The molecular formula is C21H17FN4O2S. The van der Waals surface area contributed by atoms with Crippen molar-refractivity contribution in [2.24, 2.45) is 0 Å². The Kier molecular flexibility index (Phi) is 4.94. The number of amides is 1. The summed E-state index contributed by atoms with van der Waals surface area (Å²) in [5.41, 5.74) is 4.07. The molecule has 1 amide bonds. The molecule has 0 atom stereocenters. The Morgan fingerprint density at radius 2 is 1.93 bits per heavy atom. The number of nitrogens with one attached hydrogen (secondary N) is 1. The van der Waals surface area contributed by atoms with Crippen molar-refractivity contribution in [3.05, 3.63) is 76.1 Å². The lowest BCUT2D eigenvalue weighted by Gasteiger charge is -2.10. The van der Waals surface area contributed by atoms with Crippen LogP contribution in [-0.2, 0) is 11.3 Å². The number of rotatable bonds is 4. The van der Waals surface area contributed by atoms with Crippen LogP contribution in [0, 0.1) is 19.7 Å². The van der Waals surface area contributed by atoms with E-state index in [0.717, 1.165) is 22.7 Å². The fraction of sp³-hybridized carbons (Fsp3) is 0.143. The van der Waals surface area contributed by atoms with Gasteiger partial charge in [0.15, 0.2) is 0 Å². The fourth-order valence-corrected chi connectivity index (χ4v) is 3.87. The second-order valence-electron chi connectivity index (χ2n) is 6.76. The molecule has 0 saturated carbocycles. The summed E-state index contributed by atoms with van der Waals surface area (Å²) in [5.74, 6) is -0.665. The van der Waals surface area contributed by atoms with Crippen LogP contribution in [0.5, 0.6) is 0 Å². The van der Waals surface area contributed by atoms with Crippen molar-refractivity contribution in [3.63, 3.8) is 0 Å². The highest BCUT2D eigenvalue weighted by atomic mass is 32.1. The summed E-state index contributed by atoms with van der Waals surface area (Å²) in [7, 11) is 0. The van der Waals surface area contributed by atoms with Gasteiger partial charge in [0, 0.05) is 11.3 Å². The first-order valence-electron chi connectivity index (χ1n) is 8.90. The highest BCUT2D eigenvalue weighted by Gasteiger charge is 2.16. The Labute approximate surface area is 169 Å². The van der Waals surface area contributed by atoms with Crippen molar-refractivity contribution in [2.75, 3.05) is 5.32 Å². The predicted octanol–water partition coefficient (Wildman–Crippen LogP) is 3.91. The van der Waals surface area contributed by atoms with Gasteiger partial charge in [0.05, 0.1) is 6.33 Å². The molecule has 2 aromatic heterocycles. The smallest absolute Gasteiger partial charge is 0.273 e. The Morgan fingerprint density at radius 3 is 2.66 bits per heavy atom. The molecule has 0 aliphatic rings. The van der Waals surface area contributed by atoms with Gasteiger partial charge in [0.2, 0.25) is 5.91 Å². The van der Waals surface area contributed by atoms with Crippen LogP contribution < -0.4 is 10.9 Å². The van der Waals surface area contributed by atoms with Crippen LogP contribution in [0.1, 0.15) is 11.1 Å². The molecule has 2 aromatic carbocycles. The van der Waals surface area contributed by atoms with Crippen molar-refractivity contribution in [2.45, 2.75) is 20.4 Å². The summed E-state index contributed by atoms with van der Waals surface area (Å²) in [4.78, 5) is 29.5. The zero-order chi connectivity index (χ0) is 20.5. The molecule has 0 unspecified atom stereocenters. The third kappa shape index (κ3) is 3.79. The van der Waals surface area contributed by atoms with Gasteiger partial charge in [0.25, 0.3) is 5.56 Å². The molecule has 0 spiro atoms. The zero-order valence-electron chi connectivity index (χ0n) is 15.8. The Bertz CT molecular complexity index is 1280. The third-order valence-electron chi connectivity index (χ3n) is 4.54. The van der Waals surface area contributed by atoms with Gasteiger partial charge in [0.1, 0.15) is 28.3 Å². The lowest BCUT2D eigenvalue weighted by atomic mass is 10.1. The number of fused-ring (bicyclic) bond motifs is 1. The number of nitrogens with zero attached hydrogens (tertiary/aromatic N) is 3. The molecule has 0 aliphatic carbocycles. The molecule has 8 heteroatoms. The molecule has 29 heavy (non-hydrogen) atoms. The molecule has 0 bridgehead atoms. The summed E-state index contributed by atoms with van der Waals surface area (Å²) in [6.45, 7) is 3.74. The average Bonchev–Trinajstić information content (AvgIpc) is 3.12. The van der Waals surface area contributed by atoms with Gasteiger partial charge in [-0.1, -0.05) is 17.7 Å². The summed E-state index contributed by atoms with van der Waals surface area (Å²) in [5, 5.41) is 2.82. The number of halogens is 1. The van der Waals surface area contributed by atoms with E-state index < -0.39 is 0 Å². The van der Waals surface area contributed by atoms with Crippen molar-refractivity contribution in [1.29, 1.82) is 0 Å². The molecular weight excluding hydrogens is 391 g/mol. The van der Waals surface area contributed by atoms with Crippen LogP contribution in [0.15, 0.2) is 53.6 Å². The van der Waals surface area contributed by atoms with Gasteiger partial charge in [-0.3, -0.25) is 14.2 Å². The van der Waals surface area contributed by atoms with Crippen molar-refractivity contribution in [1.82, 2.24) is 13.9 Å². The van der Waals surface area contributed by atoms with E-state index in [1.54, 1.807) is 12.1 Å². The number of carbonyl (C=O) groups excluding carboxylic acids is 1. The summed E-state index contributed by atoms with van der Waals surface area (Å²) >= 11 is 1.02. The number of aryl methyl sites for hydroxylation is 2. The summed E-state index contributed by atoms with van der Waals surface area (Å²) < 4.78 is 19.1. The maximum atomic E-state index is 13.2. The van der Waals surface area contributed by atoms with E-state index in [9.17, 15) is 14.0 Å². The number of benzene rings is 2. The van der Waals surface area contributed by atoms with Gasteiger partial charge < -0.3 is 5.32 Å². The SMILES string of the molecule is Cc1ccc(NC(=O)Cn2cnc3c(-c4ccc(F)cc4)nsc3c2=O)c(C)c1. The number of anilines is 1. The van der Waals surface area contributed by atoms with E-state index in [1.807, 2.05) is 32.0 Å². The highest BCUT2D eigenvalue weighted by Crippen LogP contribution is 2.27. The van der Waals surface area contributed by atoms with Crippen LogP contribution in [0.3, 0.4) is 0 Å². The van der Waals surface area contributed by atoms with Gasteiger partial charge in [-0.25, -0.2) is 9.37 Å². The van der Waals surface area contributed by atoms with Crippen LogP contribution in [-0.4, -0.2) is 19.8 Å². The van der Waals surface area contributed by atoms with E-state index in [0.29, 0.717) is 27.2 Å². The maximum Gasteiger partial charge on any atom is 0.273 e. The number of hydrogen-bond acceptors (Lipinski definition) is 5. The summed E-state index contributed by atoms with van der Waals surface area (Å²) in [6.07, 6.45) is 1.34. The number of carbonyl (C=O) groups is 1. The molecule has 4 aromatic rings. The van der Waals surface area contributed by atoms with E-state index in [2.05, 4.69) is 14.7 Å². The number of hydrogen-bond donors (Lipinski definition) is 1. The predicted molar refractivity (Wildman–Crippen MR) is 112 cm³/mol. The molecule has 146 valence electrons. The molecule has 1 N–H and O–H groups in total. The standard InChI is InChI=1S/C21H17FN4O2S/c1-12-3-8-16(13(2)9-12)24-17(27)10-26-11-23-19-18(25-29-20(19)21(26)28)14-4-6-15(22)7-5-14/h3-9,11H,10H2,1-2H3,(H,24,27). The second-order valence-corrected chi connectivity index (χ2v) is 7.53. The first kappa shape index (κ1) is 18.9. The van der Waals surface area contributed by atoms with Crippen molar-refractivity contribution >= 4 is 33.3 Å². The molecule has 2 heterocycles. The third-order valence-corrected chi connectivity index (χ3v) is 5.36. The first-order chi connectivity index (χ1) is 13.9. The molecule has 0 aliphatic heterocycles. The van der Waals surface area contributed by atoms with Crippen LogP contribution >= 0.6 is 11.5 Å². The van der Waals surface area contributed by atoms with Crippen LogP contribution in [0.25, 0.3) is 21.5 Å². The van der Waals surface area contributed by atoms with Gasteiger partial charge in [-0.05, 0) is 61.3 Å². The lowest BCUT2D eigenvalue weighted by Crippen LogP contribution is -2.27. The average molecular weight is 408 g/mol. The minimum absolute atomic E-state index is 0.154. The van der Waals surface area contributed by atoms with E-state index in [4.69, 9.17) is 0 Å². The Hall–Kier alpha value is -3.39. The molecule has 0 fully saturated rings. The molecule has 4 rings (SSSR count). The van der Waals surface area contributed by atoms with Gasteiger partial charge >= 0.3 is 0 Å². The maximum absolute atomic E-state index is 13.2. The first-order valence-corrected chi connectivity index (χ1v) is 9.67. The second kappa shape index (κ2) is 7.56. The zero-order valence-corrected chi connectivity index (χ0v) is 16.6. The van der Waals surface area contributed by atoms with Crippen LogP contribution in [0.2, 0.25) is 0 Å². The highest BCUT2D eigenvalue weighted by molar-refractivity contribution is 7.13. The van der Waals surface area contributed by atoms with E-state index in [-0.39, 0.29) is 23.8 Å². The van der Waals surface area contributed by atoms with Crippen LogP contribution in [0.4, 0.5) is 10.1 Å². The minimum atomic E-state index is -0.349. The molecule has 6 nitrogen and oxygen atoms in total. The topological polar surface area (TPSA) is 76.9 Å². The fourth-order valence-electron chi connectivity index (χ4n) is 3.06. The number of aromatic nitrogens is 3. The monoisotopic (exact) mass is 408 g/mol. The van der Waals surface area contributed by atoms with E-state index in [1.165, 1.54) is 23.0 Å². The van der Waals surface area contributed by atoms with E-state index >= 15 is 0 Å². The minimum Gasteiger partial charge on any atom is -0.324 e. The Balaban J connectivity index is 1.60. The lowest BCUT2D eigenvalue weighted by molar-refractivity contribution is -0.116. The van der Waals surface area contributed by atoms with Crippen molar-refractivity contribution in [3.8, 4) is 11.3 Å². The molecule has 0 radical (unpaired) electrons. The largest absolute Gasteiger partial charge is 0.324 e.